The highest BCUT2D eigenvalue weighted by molar-refractivity contribution is 7.99. The number of aromatic nitrogens is 4. The van der Waals surface area contributed by atoms with Gasteiger partial charge in [0.2, 0.25) is 5.16 Å². The number of halogens is 2. The van der Waals surface area contributed by atoms with Crippen molar-refractivity contribution < 1.29 is 9.53 Å². The molecular weight excluding hydrogens is 383 g/mol. The molecule has 0 radical (unpaired) electrons. The Balaban J connectivity index is 1.77. The summed E-state index contributed by atoms with van der Waals surface area (Å²) in [5, 5.41) is 12.9. The number of Topliss-reactive ketones (excluding diaryl/α,β-unsaturated/α-hetero) is 1. The summed E-state index contributed by atoms with van der Waals surface area (Å²) in [4.78, 5) is 12.3. The summed E-state index contributed by atoms with van der Waals surface area (Å²) in [6.07, 6.45) is 0. The Bertz CT molecular complexity index is 917. The number of thioether (sulfide) groups is 1. The van der Waals surface area contributed by atoms with Crippen LogP contribution in [-0.2, 0) is 0 Å². The van der Waals surface area contributed by atoms with E-state index in [4.69, 9.17) is 27.9 Å². The lowest BCUT2D eigenvalue weighted by molar-refractivity contribution is 0.102. The SMILES string of the molecule is COc1ccccc1-n1nnnc1SCC(=O)c1ccc(Cl)c(Cl)c1. The van der Waals surface area contributed by atoms with E-state index in [-0.39, 0.29) is 11.5 Å². The van der Waals surface area contributed by atoms with Gasteiger partial charge in [0.25, 0.3) is 0 Å². The highest BCUT2D eigenvalue weighted by Crippen LogP contribution is 2.27. The number of methoxy groups -OCH3 is 1. The Kier molecular flexibility index (Phi) is 5.57. The number of carbonyl (C=O) groups is 1. The number of carbonyl (C=O) groups excluding carboxylic acids is 1. The van der Waals surface area contributed by atoms with E-state index in [0.29, 0.717) is 32.2 Å². The maximum absolute atomic E-state index is 12.3. The molecule has 128 valence electrons. The van der Waals surface area contributed by atoms with E-state index in [2.05, 4.69) is 15.5 Å². The van der Waals surface area contributed by atoms with Gasteiger partial charge >= 0.3 is 0 Å². The number of tetrazole rings is 1. The van der Waals surface area contributed by atoms with Crippen LogP contribution < -0.4 is 4.74 Å². The van der Waals surface area contributed by atoms with Crippen molar-refractivity contribution in [2.24, 2.45) is 0 Å². The minimum absolute atomic E-state index is 0.0989. The Morgan fingerprint density at radius 2 is 2.00 bits per heavy atom. The summed E-state index contributed by atoms with van der Waals surface area (Å²) in [6, 6.07) is 12.1. The third kappa shape index (κ3) is 3.95. The summed E-state index contributed by atoms with van der Waals surface area (Å²) in [7, 11) is 1.57. The average molecular weight is 395 g/mol. The monoisotopic (exact) mass is 394 g/mol. The zero-order valence-corrected chi connectivity index (χ0v) is 15.3. The first-order valence-electron chi connectivity index (χ1n) is 7.13. The van der Waals surface area contributed by atoms with E-state index in [1.54, 1.807) is 25.3 Å². The fourth-order valence-electron chi connectivity index (χ4n) is 2.11. The molecule has 0 spiro atoms. The number of hydrogen-bond acceptors (Lipinski definition) is 6. The fourth-order valence-corrected chi connectivity index (χ4v) is 3.18. The predicted octanol–water partition coefficient (Wildman–Crippen LogP) is 3.95. The van der Waals surface area contributed by atoms with Crippen molar-refractivity contribution in [1.82, 2.24) is 20.2 Å². The second-order valence-corrected chi connectivity index (χ2v) is 6.64. The minimum atomic E-state index is -0.0989. The van der Waals surface area contributed by atoms with Crippen molar-refractivity contribution in [3.05, 3.63) is 58.1 Å². The van der Waals surface area contributed by atoms with Gasteiger partial charge in [-0.3, -0.25) is 4.79 Å². The van der Waals surface area contributed by atoms with Gasteiger partial charge in [0.1, 0.15) is 11.4 Å². The zero-order valence-electron chi connectivity index (χ0n) is 13.0. The topological polar surface area (TPSA) is 69.9 Å². The number of ether oxygens (including phenoxy) is 1. The van der Waals surface area contributed by atoms with Crippen molar-refractivity contribution in [2.45, 2.75) is 5.16 Å². The van der Waals surface area contributed by atoms with Gasteiger partial charge in [-0.2, -0.15) is 4.68 Å². The van der Waals surface area contributed by atoms with Gasteiger partial charge in [0.15, 0.2) is 5.78 Å². The second kappa shape index (κ2) is 7.86. The largest absolute Gasteiger partial charge is 0.494 e. The van der Waals surface area contributed by atoms with Crippen LogP contribution in [0.5, 0.6) is 5.75 Å². The number of rotatable bonds is 6. The van der Waals surface area contributed by atoms with Gasteiger partial charge < -0.3 is 4.74 Å². The quantitative estimate of drug-likeness (QED) is 0.465. The van der Waals surface area contributed by atoms with Gasteiger partial charge in [-0.25, -0.2) is 0 Å². The maximum Gasteiger partial charge on any atom is 0.214 e. The molecule has 0 saturated carbocycles. The normalized spacial score (nSPS) is 10.7. The maximum atomic E-state index is 12.3. The summed E-state index contributed by atoms with van der Waals surface area (Å²) >= 11 is 13.1. The zero-order chi connectivity index (χ0) is 17.8. The lowest BCUT2D eigenvalue weighted by Gasteiger charge is -2.08. The summed E-state index contributed by atoms with van der Waals surface area (Å²) < 4.78 is 6.86. The Morgan fingerprint density at radius 1 is 1.20 bits per heavy atom. The van der Waals surface area contributed by atoms with E-state index in [1.807, 2.05) is 24.3 Å². The van der Waals surface area contributed by atoms with Crippen molar-refractivity contribution in [3.63, 3.8) is 0 Å². The van der Waals surface area contributed by atoms with E-state index >= 15 is 0 Å². The second-order valence-electron chi connectivity index (χ2n) is 4.89. The molecule has 9 heteroatoms. The molecule has 0 aliphatic rings. The van der Waals surface area contributed by atoms with Gasteiger partial charge in [-0.05, 0) is 40.8 Å². The van der Waals surface area contributed by atoms with Gasteiger partial charge in [-0.1, -0.05) is 47.1 Å². The highest BCUT2D eigenvalue weighted by Gasteiger charge is 2.15. The van der Waals surface area contributed by atoms with Crippen LogP contribution in [0.3, 0.4) is 0 Å². The Hall–Kier alpha value is -2.09. The van der Waals surface area contributed by atoms with E-state index in [9.17, 15) is 4.79 Å². The fraction of sp³-hybridized carbons (Fsp3) is 0.125. The molecule has 1 aromatic heterocycles. The van der Waals surface area contributed by atoms with Crippen LogP contribution in [0.25, 0.3) is 5.69 Å². The van der Waals surface area contributed by atoms with E-state index < -0.39 is 0 Å². The Labute approximate surface area is 158 Å². The van der Waals surface area contributed by atoms with Crippen molar-refractivity contribution >= 4 is 40.7 Å². The molecule has 0 N–H and O–H groups in total. The first-order chi connectivity index (χ1) is 12.1. The molecule has 3 rings (SSSR count). The van der Waals surface area contributed by atoms with Crippen LogP contribution in [0.15, 0.2) is 47.6 Å². The summed E-state index contributed by atoms with van der Waals surface area (Å²) in [5.41, 5.74) is 1.18. The lowest BCUT2D eigenvalue weighted by atomic mass is 10.1. The lowest BCUT2D eigenvalue weighted by Crippen LogP contribution is -2.06. The van der Waals surface area contributed by atoms with Crippen LogP contribution in [0.2, 0.25) is 10.0 Å². The smallest absolute Gasteiger partial charge is 0.214 e. The van der Waals surface area contributed by atoms with Crippen molar-refractivity contribution in [2.75, 3.05) is 12.9 Å². The minimum Gasteiger partial charge on any atom is -0.494 e. The van der Waals surface area contributed by atoms with Crippen LogP contribution in [0, 0.1) is 0 Å². The standard InChI is InChI=1S/C16H12Cl2N4O2S/c1-24-15-5-3-2-4-13(15)22-16(19-20-21-22)25-9-14(23)10-6-7-11(17)12(18)8-10/h2-8H,9H2,1H3. The molecule has 0 unspecified atom stereocenters. The molecule has 0 fully saturated rings. The van der Waals surface area contributed by atoms with Crippen LogP contribution in [0.1, 0.15) is 10.4 Å². The van der Waals surface area contributed by atoms with Crippen LogP contribution in [0.4, 0.5) is 0 Å². The molecule has 3 aromatic rings. The first kappa shape index (κ1) is 17.7. The molecule has 0 atom stereocenters. The number of benzene rings is 2. The molecule has 1 heterocycles. The van der Waals surface area contributed by atoms with Crippen molar-refractivity contribution in [3.8, 4) is 11.4 Å². The van der Waals surface area contributed by atoms with E-state index in [1.165, 1.54) is 16.4 Å². The predicted molar refractivity (Wildman–Crippen MR) is 97.2 cm³/mol. The van der Waals surface area contributed by atoms with Crippen molar-refractivity contribution in [1.29, 1.82) is 0 Å². The van der Waals surface area contributed by atoms with Gasteiger partial charge in [-0.15, -0.1) is 5.10 Å². The molecule has 0 aliphatic carbocycles. The van der Waals surface area contributed by atoms with E-state index in [0.717, 1.165) is 0 Å². The molecule has 2 aromatic carbocycles. The van der Waals surface area contributed by atoms with Crippen LogP contribution >= 0.6 is 35.0 Å². The Morgan fingerprint density at radius 3 is 2.76 bits per heavy atom. The number of ketones is 1. The molecular formula is C16H12Cl2N4O2S. The summed E-state index contributed by atoms with van der Waals surface area (Å²) in [6.45, 7) is 0. The third-order valence-electron chi connectivity index (χ3n) is 3.33. The molecule has 6 nitrogen and oxygen atoms in total. The van der Waals surface area contributed by atoms with Gasteiger partial charge in [0, 0.05) is 5.56 Å². The molecule has 25 heavy (non-hydrogen) atoms. The number of para-hydroxylation sites is 2. The number of hydrogen-bond donors (Lipinski definition) is 0. The molecule has 0 aliphatic heterocycles. The molecule has 0 saturated heterocycles. The van der Waals surface area contributed by atoms with Gasteiger partial charge in [0.05, 0.1) is 22.9 Å². The average Bonchev–Trinajstić information content (AvgIpc) is 3.10. The first-order valence-corrected chi connectivity index (χ1v) is 8.87. The van der Waals surface area contributed by atoms with Crippen LogP contribution in [-0.4, -0.2) is 38.9 Å². The third-order valence-corrected chi connectivity index (χ3v) is 4.99. The molecule has 0 bridgehead atoms. The number of nitrogens with zero attached hydrogens (tertiary/aromatic N) is 4. The molecule has 0 amide bonds. The summed E-state index contributed by atoms with van der Waals surface area (Å²) in [5.74, 6) is 0.693. The highest BCUT2D eigenvalue weighted by atomic mass is 35.5.